The molecule has 2 amide bonds. The number of nitrogens with zero attached hydrogens (tertiary/aromatic N) is 2. The number of hydrogen-bond acceptors (Lipinski definition) is 4. The number of halogens is 1. The molecule has 33 heavy (non-hydrogen) atoms. The zero-order valence-corrected chi connectivity index (χ0v) is 20.1. The third kappa shape index (κ3) is 5.17. The third-order valence-electron chi connectivity index (χ3n) is 6.20. The molecule has 2 aromatic carbocycles. The standard InChI is InChI=1S/C24H28ClN3O4S/c1-2-28(20-6-4-3-5-7-20)33(31,32)22-16-19(10-11-21(22)25)26-23(29)17-12-14-27(15-13-17)24(30)18-8-9-18/h3-7,10-11,16-18H,2,8-9,12-15H2,1H3,(H,26,29). The van der Waals surface area contributed by atoms with Crippen LogP contribution in [0.1, 0.15) is 32.6 Å². The molecule has 1 N–H and O–H groups in total. The number of para-hydroxylation sites is 1. The normalized spacial score (nSPS) is 17.0. The fourth-order valence-corrected chi connectivity index (χ4v) is 6.15. The van der Waals surface area contributed by atoms with Crippen LogP contribution < -0.4 is 9.62 Å². The van der Waals surface area contributed by atoms with Crippen LogP contribution in [0.25, 0.3) is 0 Å². The SMILES string of the molecule is CCN(c1ccccc1)S(=O)(=O)c1cc(NC(=O)C2CCN(C(=O)C3CC3)CC2)ccc1Cl. The molecule has 1 saturated carbocycles. The topological polar surface area (TPSA) is 86.8 Å². The van der Waals surface area contributed by atoms with Gasteiger partial charge in [0.1, 0.15) is 4.90 Å². The molecule has 0 unspecified atom stereocenters. The molecule has 2 fully saturated rings. The van der Waals surface area contributed by atoms with E-state index >= 15 is 0 Å². The largest absolute Gasteiger partial charge is 0.342 e. The lowest BCUT2D eigenvalue weighted by atomic mass is 9.95. The van der Waals surface area contributed by atoms with Crippen LogP contribution in [0.15, 0.2) is 53.4 Å². The van der Waals surface area contributed by atoms with Gasteiger partial charge in [-0.05, 0) is 62.9 Å². The van der Waals surface area contributed by atoms with Crippen LogP contribution in [-0.2, 0) is 19.6 Å². The van der Waals surface area contributed by atoms with E-state index in [2.05, 4.69) is 5.32 Å². The fraction of sp³-hybridized carbons (Fsp3) is 0.417. The lowest BCUT2D eigenvalue weighted by Crippen LogP contribution is -2.42. The van der Waals surface area contributed by atoms with Gasteiger partial charge in [-0.15, -0.1) is 0 Å². The quantitative estimate of drug-likeness (QED) is 0.633. The van der Waals surface area contributed by atoms with Gasteiger partial charge in [0.15, 0.2) is 0 Å². The molecule has 0 aromatic heterocycles. The molecule has 2 aliphatic rings. The van der Waals surface area contributed by atoms with E-state index in [4.69, 9.17) is 11.6 Å². The van der Waals surface area contributed by atoms with Gasteiger partial charge in [0.05, 0.1) is 10.7 Å². The first-order chi connectivity index (χ1) is 15.8. The van der Waals surface area contributed by atoms with Crippen LogP contribution in [-0.4, -0.2) is 44.8 Å². The number of rotatable bonds is 7. The van der Waals surface area contributed by atoms with E-state index in [1.807, 2.05) is 11.0 Å². The molecular weight excluding hydrogens is 462 g/mol. The number of likely N-dealkylation sites (tertiary alicyclic amines) is 1. The highest BCUT2D eigenvalue weighted by molar-refractivity contribution is 7.93. The molecule has 4 rings (SSSR count). The maximum absolute atomic E-state index is 13.4. The molecule has 1 aliphatic heterocycles. The summed E-state index contributed by atoms with van der Waals surface area (Å²) >= 11 is 6.27. The molecule has 2 aromatic rings. The van der Waals surface area contributed by atoms with Crippen molar-refractivity contribution in [2.75, 3.05) is 29.3 Å². The number of piperidine rings is 1. The monoisotopic (exact) mass is 489 g/mol. The molecule has 0 bridgehead atoms. The molecule has 0 atom stereocenters. The van der Waals surface area contributed by atoms with Gasteiger partial charge in [0.2, 0.25) is 11.8 Å². The van der Waals surface area contributed by atoms with Crippen molar-refractivity contribution in [1.82, 2.24) is 4.90 Å². The van der Waals surface area contributed by atoms with Gasteiger partial charge in [-0.25, -0.2) is 8.42 Å². The molecule has 1 aliphatic carbocycles. The Morgan fingerprint density at radius 3 is 2.30 bits per heavy atom. The highest BCUT2D eigenvalue weighted by Gasteiger charge is 2.36. The Morgan fingerprint density at radius 2 is 1.70 bits per heavy atom. The van der Waals surface area contributed by atoms with E-state index in [0.717, 1.165) is 12.8 Å². The van der Waals surface area contributed by atoms with Crippen LogP contribution in [0, 0.1) is 11.8 Å². The van der Waals surface area contributed by atoms with E-state index in [-0.39, 0.29) is 40.1 Å². The summed E-state index contributed by atoms with van der Waals surface area (Å²) in [6, 6.07) is 13.3. The molecule has 9 heteroatoms. The Bertz CT molecular complexity index is 1130. The Balaban J connectivity index is 1.47. The number of carbonyl (C=O) groups is 2. The maximum atomic E-state index is 13.4. The first kappa shape index (κ1) is 23.6. The first-order valence-electron chi connectivity index (χ1n) is 11.3. The molecule has 176 valence electrons. The molecule has 1 heterocycles. The number of amides is 2. The second-order valence-electron chi connectivity index (χ2n) is 8.51. The molecule has 1 saturated heterocycles. The van der Waals surface area contributed by atoms with Crippen LogP contribution in [0.2, 0.25) is 5.02 Å². The van der Waals surface area contributed by atoms with Gasteiger partial charge in [-0.3, -0.25) is 13.9 Å². The highest BCUT2D eigenvalue weighted by atomic mass is 35.5. The Kier molecular flexibility index (Phi) is 6.95. The van der Waals surface area contributed by atoms with Gasteiger partial charge >= 0.3 is 0 Å². The maximum Gasteiger partial charge on any atom is 0.265 e. The summed E-state index contributed by atoms with van der Waals surface area (Å²) in [5.74, 6) is -0.00117. The van der Waals surface area contributed by atoms with E-state index in [1.54, 1.807) is 37.3 Å². The van der Waals surface area contributed by atoms with E-state index in [0.29, 0.717) is 37.3 Å². The number of anilines is 2. The lowest BCUT2D eigenvalue weighted by Gasteiger charge is -2.31. The average Bonchev–Trinajstić information content (AvgIpc) is 3.66. The predicted molar refractivity (Wildman–Crippen MR) is 129 cm³/mol. The van der Waals surface area contributed by atoms with Crippen molar-refractivity contribution in [1.29, 1.82) is 0 Å². The van der Waals surface area contributed by atoms with Crippen LogP contribution >= 0.6 is 11.6 Å². The number of sulfonamides is 1. The molecule has 0 radical (unpaired) electrons. The summed E-state index contributed by atoms with van der Waals surface area (Å²) in [5, 5.41) is 2.94. The van der Waals surface area contributed by atoms with Crippen LogP contribution in [0.4, 0.5) is 11.4 Å². The zero-order valence-electron chi connectivity index (χ0n) is 18.5. The van der Waals surface area contributed by atoms with Crippen molar-refractivity contribution in [3.8, 4) is 0 Å². The van der Waals surface area contributed by atoms with Crippen molar-refractivity contribution in [2.45, 2.75) is 37.5 Å². The fourth-order valence-electron chi connectivity index (χ4n) is 4.18. The molecular formula is C24H28ClN3O4S. The summed E-state index contributed by atoms with van der Waals surface area (Å²) in [7, 11) is -3.93. The van der Waals surface area contributed by atoms with E-state index in [9.17, 15) is 18.0 Å². The summed E-state index contributed by atoms with van der Waals surface area (Å²) < 4.78 is 28.0. The minimum absolute atomic E-state index is 0.0579. The number of benzene rings is 2. The van der Waals surface area contributed by atoms with Crippen molar-refractivity contribution >= 4 is 44.8 Å². The minimum atomic E-state index is -3.93. The van der Waals surface area contributed by atoms with E-state index < -0.39 is 10.0 Å². The summed E-state index contributed by atoms with van der Waals surface area (Å²) in [5.41, 5.74) is 0.918. The Labute approximate surface area is 199 Å². The van der Waals surface area contributed by atoms with Gasteiger partial charge in [-0.2, -0.15) is 0 Å². The van der Waals surface area contributed by atoms with Crippen molar-refractivity contribution in [3.05, 3.63) is 53.6 Å². The minimum Gasteiger partial charge on any atom is -0.342 e. The van der Waals surface area contributed by atoms with Crippen molar-refractivity contribution in [3.63, 3.8) is 0 Å². The van der Waals surface area contributed by atoms with Gasteiger partial charge in [-0.1, -0.05) is 29.8 Å². The zero-order chi connectivity index (χ0) is 23.6. The molecule has 7 nitrogen and oxygen atoms in total. The smallest absolute Gasteiger partial charge is 0.265 e. The van der Waals surface area contributed by atoms with E-state index in [1.165, 1.54) is 16.4 Å². The Hall–Kier alpha value is -2.58. The number of nitrogens with one attached hydrogen (secondary N) is 1. The van der Waals surface area contributed by atoms with Gasteiger partial charge in [0, 0.05) is 37.2 Å². The second-order valence-corrected chi connectivity index (χ2v) is 10.8. The Morgan fingerprint density at radius 1 is 1.03 bits per heavy atom. The van der Waals surface area contributed by atoms with Gasteiger partial charge < -0.3 is 10.2 Å². The summed E-state index contributed by atoms with van der Waals surface area (Å²) in [6.07, 6.45) is 3.14. The van der Waals surface area contributed by atoms with Gasteiger partial charge in [0.25, 0.3) is 10.0 Å². The van der Waals surface area contributed by atoms with Crippen molar-refractivity contribution < 1.29 is 18.0 Å². The summed E-state index contributed by atoms with van der Waals surface area (Å²) in [4.78, 5) is 26.9. The third-order valence-corrected chi connectivity index (χ3v) is 8.59. The number of hydrogen-bond donors (Lipinski definition) is 1. The highest BCUT2D eigenvalue weighted by Crippen LogP contribution is 2.33. The summed E-state index contributed by atoms with van der Waals surface area (Å²) in [6.45, 7) is 3.15. The lowest BCUT2D eigenvalue weighted by molar-refractivity contribution is -0.135. The first-order valence-corrected chi connectivity index (χ1v) is 13.1. The van der Waals surface area contributed by atoms with Crippen molar-refractivity contribution in [2.24, 2.45) is 11.8 Å². The number of carbonyl (C=O) groups excluding carboxylic acids is 2. The predicted octanol–water partition coefficient (Wildman–Crippen LogP) is 4.14. The van der Waals surface area contributed by atoms with Crippen LogP contribution in [0.3, 0.4) is 0 Å². The molecule has 0 spiro atoms. The average molecular weight is 490 g/mol. The van der Waals surface area contributed by atoms with Crippen LogP contribution in [0.5, 0.6) is 0 Å². The second kappa shape index (κ2) is 9.73.